The molecule has 0 bridgehead atoms. The van der Waals surface area contributed by atoms with Crippen LogP contribution in [0, 0.1) is 5.82 Å². The van der Waals surface area contributed by atoms with Gasteiger partial charge in [-0.25, -0.2) is 4.39 Å². The molecule has 0 spiro atoms. The number of nitrogens with zero attached hydrogens (tertiary/aromatic N) is 1. The normalized spacial score (nSPS) is 12.2. The first-order valence-electron chi connectivity index (χ1n) is 8.97. The molecule has 2 aromatic rings. The molecule has 4 nitrogen and oxygen atoms in total. The van der Waals surface area contributed by atoms with Crippen molar-refractivity contribution >= 4 is 5.78 Å². The highest BCUT2D eigenvalue weighted by molar-refractivity contribution is 5.97. The number of ether oxygens (including phenoxy) is 1. The van der Waals surface area contributed by atoms with Crippen LogP contribution in [-0.2, 0) is 0 Å². The Hall–Kier alpha value is -2.24. The summed E-state index contributed by atoms with van der Waals surface area (Å²) >= 11 is 0. The van der Waals surface area contributed by atoms with E-state index < -0.39 is 5.82 Å². The highest BCUT2D eigenvalue weighted by Crippen LogP contribution is 2.20. The van der Waals surface area contributed by atoms with Crippen LogP contribution in [0.3, 0.4) is 0 Å². The van der Waals surface area contributed by atoms with Crippen LogP contribution in [0.25, 0.3) is 0 Å². The first kappa shape index (κ1) is 20.1. The highest BCUT2D eigenvalue weighted by Gasteiger charge is 2.18. The standard InChI is InChI=1S/C21H27FN2O2/c1-4-24(5-2)19(16-9-7-6-8-10-16)14-23-15-20(25)17-11-12-21(26-3)18(22)13-17/h6-13,19,23H,4-5,14-15H2,1-3H3. The van der Waals surface area contributed by atoms with E-state index in [1.54, 1.807) is 6.07 Å². The third-order valence-corrected chi connectivity index (χ3v) is 4.53. The van der Waals surface area contributed by atoms with E-state index >= 15 is 0 Å². The number of likely N-dealkylation sites (N-methyl/N-ethyl adjacent to an activating group) is 1. The molecule has 5 heteroatoms. The van der Waals surface area contributed by atoms with E-state index in [0.29, 0.717) is 12.1 Å². The second-order valence-electron chi connectivity index (χ2n) is 6.05. The van der Waals surface area contributed by atoms with Gasteiger partial charge in [0.2, 0.25) is 0 Å². The van der Waals surface area contributed by atoms with E-state index in [4.69, 9.17) is 4.74 Å². The molecule has 0 saturated carbocycles. The van der Waals surface area contributed by atoms with Crippen LogP contribution in [0.2, 0.25) is 0 Å². The fourth-order valence-electron chi connectivity index (χ4n) is 3.06. The van der Waals surface area contributed by atoms with Crippen molar-refractivity contribution in [1.82, 2.24) is 10.2 Å². The molecule has 0 fully saturated rings. The zero-order valence-corrected chi connectivity index (χ0v) is 15.7. The Balaban J connectivity index is 2.00. The molecule has 1 N–H and O–H groups in total. The summed E-state index contributed by atoms with van der Waals surface area (Å²) in [4.78, 5) is 14.7. The van der Waals surface area contributed by atoms with E-state index in [0.717, 1.165) is 13.1 Å². The average molecular weight is 358 g/mol. The number of methoxy groups -OCH3 is 1. The van der Waals surface area contributed by atoms with Gasteiger partial charge in [-0.2, -0.15) is 0 Å². The maximum atomic E-state index is 13.8. The predicted molar refractivity (Wildman–Crippen MR) is 102 cm³/mol. The van der Waals surface area contributed by atoms with Crippen LogP contribution in [-0.4, -0.2) is 44.0 Å². The summed E-state index contributed by atoms with van der Waals surface area (Å²) in [6, 6.07) is 14.7. The topological polar surface area (TPSA) is 41.6 Å². The Labute approximate surface area is 155 Å². The second kappa shape index (κ2) is 10.0. The van der Waals surface area contributed by atoms with Gasteiger partial charge in [-0.3, -0.25) is 9.69 Å². The number of benzene rings is 2. The van der Waals surface area contributed by atoms with Gasteiger partial charge >= 0.3 is 0 Å². The molecule has 0 heterocycles. The number of halogens is 1. The SMILES string of the molecule is CCN(CC)C(CNCC(=O)c1ccc(OC)c(F)c1)c1ccccc1. The fourth-order valence-corrected chi connectivity index (χ4v) is 3.06. The first-order chi connectivity index (χ1) is 12.6. The first-order valence-corrected chi connectivity index (χ1v) is 8.97. The van der Waals surface area contributed by atoms with Crippen molar-refractivity contribution in [2.45, 2.75) is 19.9 Å². The minimum absolute atomic E-state index is 0.139. The molecule has 0 aliphatic carbocycles. The van der Waals surface area contributed by atoms with E-state index in [-0.39, 0.29) is 24.1 Å². The maximum absolute atomic E-state index is 13.8. The molecule has 1 unspecified atom stereocenters. The zero-order chi connectivity index (χ0) is 18.9. The summed E-state index contributed by atoms with van der Waals surface area (Å²) in [5, 5.41) is 3.23. The maximum Gasteiger partial charge on any atom is 0.176 e. The largest absolute Gasteiger partial charge is 0.494 e. The minimum atomic E-state index is -0.524. The highest BCUT2D eigenvalue weighted by atomic mass is 19.1. The minimum Gasteiger partial charge on any atom is -0.494 e. The molecule has 1 atom stereocenters. The Kier molecular flexibility index (Phi) is 7.75. The number of carbonyl (C=O) groups excluding carboxylic acids is 1. The molecule has 26 heavy (non-hydrogen) atoms. The van der Waals surface area contributed by atoms with Crippen molar-refractivity contribution in [3.8, 4) is 5.75 Å². The number of carbonyl (C=O) groups is 1. The molecule has 0 aromatic heterocycles. The van der Waals surface area contributed by atoms with Gasteiger partial charge in [0.05, 0.1) is 13.7 Å². The Morgan fingerprint density at radius 1 is 1.15 bits per heavy atom. The smallest absolute Gasteiger partial charge is 0.176 e. The average Bonchev–Trinajstić information content (AvgIpc) is 2.68. The van der Waals surface area contributed by atoms with Crippen LogP contribution in [0.4, 0.5) is 4.39 Å². The number of hydrogen-bond donors (Lipinski definition) is 1. The summed E-state index contributed by atoms with van der Waals surface area (Å²) in [6.45, 7) is 6.92. The third-order valence-electron chi connectivity index (χ3n) is 4.53. The van der Waals surface area contributed by atoms with Crippen molar-refractivity contribution in [3.63, 3.8) is 0 Å². The van der Waals surface area contributed by atoms with Crippen LogP contribution >= 0.6 is 0 Å². The number of Topliss-reactive ketones (excluding diaryl/α,β-unsaturated/α-hetero) is 1. The van der Waals surface area contributed by atoms with Gasteiger partial charge in [0.15, 0.2) is 17.3 Å². The van der Waals surface area contributed by atoms with Crippen molar-refractivity contribution in [2.75, 3.05) is 33.3 Å². The Morgan fingerprint density at radius 3 is 2.42 bits per heavy atom. The van der Waals surface area contributed by atoms with Gasteiger partial charge in [-0.05, 0) is 36.9 Å². The lowest BCUT2D eigenvalue weighted by Gasteiger charge is -2.30. The third kappa shape index (κ3) is 5.13. The summed E-state index contributed by atoms with van der Waals surface area (Å²) in [6.07, 6.45) is 0. The van der Waals surface area contributed by atoms with Crippen LogP contribution < -0.4 is 10.1 Å². The Morgan fingerprint density at radius 2 is 1.85 bits per heavy atom. The molecule has 0 aliphatic heterocycles. The van der Waals surface area contributed by atoms with Crippen LogP contribution in [0.15, 0.2) is 48.5 Å². The second-order valence-corrected chi connectivity index (χ2v) is 6.05. The van der Waals surface area contributed by atoms with Gasteiger partial charge in [-0.15, -0.1) is 0 Å². The number of rotatable bonds is 10. The quantitative estimate of drug-likeness (QED) is 0.658. The van der Waals surface area contributed by atoms with Gasteiger partial charge in [0.1, 0.15) is 0 Å². The number of hydrogen-bond acceptors (Lipinski definition) is 4. The lowest BCUT2D eigenvalue weighted by Crippen LogP contribution is -2.37. The van der Waals surface area contributed by atoms with Gasteiger partial charge in [0, 0.05) is 18.2 Å². The molecule has 0 aliphatic rings. The molecule has 0 saturated heterocycles. The lowest BCUT2D eigenvalue weighted by molar-refractivity contribution is 0.0986. The summed E-state index contributed by atoms with van der Waals surface area (Å²) in [5.41, 5.74) is 1.56. The van der Waals surface area contributed by atoms with Gasteiger partial charge < -0.3 is 10.1 Å². The fraction of sp³-hybridized carbons (Fsp3) is 0.381. The summed E-state index contributed by atoms with van der Waals surface area (Å²) in [7, 11) is 1.40. The van der Waals surface area contributed by atoms with Crippen molar-refractivity contribution in [2.24, 2.45) is 0 Å². The van der Waals surface area contributed by atoms with Crippen molar-refractivity contribution in [1.29, 1.82) is 0 Å². The molecule has 140 valence electrons. The summed E-state index contributed by atoms with van der Waals surface area (Å²) in [5.74, 6) is -0.526. The van der Waals surface area contributed by atoms with E-state index in [1.807, 2.05) is 18.2 Å². The number of ketones is 1. The summed E-state index contributed by atoms with van der Waals surface area (Å²) < 4.78 is 18.7. The lowest BCUT2D eigenvalue weighted by atomic mass is 10.0. The van der Waals surface area contributed by atoms with Gasteiger partial charge in [0.25, 0.3) is 0 Å². The van der Waals surface area contributed by atoms with Crippen molar-refractivity contribution in [3.05, 3.63) is 65.5 Å². The molecular formula is C21H27FN2O2. The van der Waals surface area contributed by atoms with E-state index in [2.05, 4.69) is 36.2 Å². The van der Waals surface area contributed by atoms with Gasteiger partial charge in [-0.1, -0.05) is 44.2 Å². The van der Waals surface area contributed by atoms with Crippen LogP contribution in [0.5, 0.6) is 5.75 Å². The van der Waals surface area contributed by atoms with Crippen molar-refractivity contribution < 1.29 is 13.9 Å². The predicted octanol–water partition coefficient (Wildman–Crippen LogP) is 3.69. The molecule has 2 rings (SSSR count). The van der Waals surface area contributed by atoms with E-state index in [1.165, 1.54) is 24.8 Å². The Bertz CT molecular complexity index is 702. The van der Waals surface area contributed by atoms with Crippen LogP contribution in [0.1, 0.15) is 35.8 Å². The zero-order valence-electron chi connectivity index (χ0n) is 15.7. The molecule has 2 aromatic carbocycles. The molecule has 0 amide bonds. The molecule has 0 radical (unpaired) electrons. The number of nitrogens with one attached hydrogen (secondary N) is 1. The van der Waals surface area contributed by atoms with E-state index in [9.17, 15) is 9.18 Å². The monoisotopic (exact) mass is 358 g/mol. The molecular weight excluding hydrogens is 331 g/mol.